The number of amidine groups is 1. The number of nitrogens with one attached hydrogen (secondary N) is 2. The minimum Gasteiger partial charge on any atom is -0.383 e. The summed E-state index contributed by atoms with van der Waals surface area (Å²) in [7, 11) is 0. The fourth-order valence-electron chi connectivity index (χ4n) is 2.11. The number of nitrogens with zero attached hydrogens (tertiary/aromatic N) is 1. The molecule has 0 saturated heterocycles. The van der Waals surface area contributed by atoms with Gasteiger partial charge in [-0.2, -0.15) is 13.2 Å². The van der Waals surface area contributed by atoms with Crippen molar-refractivity contribution in [1.29, 1.82) is 0 Å². The van der Waals surface area contributed by atoms with Crippen LogP contribution in [0.2, 0.25) is 0 Å². The Morgan fingerprint density at radius 1 is 1.18 bits per heavy atom. The standard InChI is InChI=1S/C16H20F3N3/c1-15(2,3)22-14-10-13(20-7-8-21-14)11-5-4-6-12(9-11)16(17,18)19/h4-6,9-10,20H,7-8H2,1-3H3,(H,21,22). The Morgan fingerprint density at radius 2 is 1.91 bits per heavy atom. The Balaban J connectivity index is 2.33. The van der Waals surface area contributed by atoms with Gasteiger partial charge in [0.05, 0.1) is 12.1 Å². The molecule has 1 heterocycles. The van der Waals surface area contributed by atoms with E-state index in [1.807, 2.05) is 20.8 Å². The first kappa shape index (κ1) is 16.4. The quantitative estimate of drug-likeness (QED) is 0.833. The molecule has 3 nitrogen and oxygen atoms in total. The molecule has 0 unspecified atom stereocenters. The molecule has 0 spiro atoms. The van der Waals surface area contributed by atoms with E-state index in [-0.39, 0.29) is 5.54 Å². The van der Waals surface area contributed by atoms with Gasteiger partial charge in [0.15, 0.2) is 0 Å². The lowest BCUT2D eigenvalue weighted by Crippen LogP contribution is -2.40. The Bertz CT molecular complexity index is 595. The van der Waals surface area contributed by atoms with Crippen LogP contribution in [-0.2, 0) is 6.18 Å². The molecule has 6 heteroatoms. The van der Waals surface area contributed by atoms with Crippen LogP contribution in [0.5, 0.6) is 0 Å². The van der Waals surface area contributed by atoms with Crippen LogP contribution in [0.15, 0.2) is 35.3 Å². The SMILES string of the molecule is CC(C)(C)NC1=NCCNC(c2cccc(C(F)(F)F)c2)=C1. The summed E-state index contributed by atoms with van der Waals surface area (Å²) in [4.78, 5) is 4.40. The van der Waals surface area contributed by atoms with E-state index in [1.54, 1.807) is 12.1 Å². The third-order valence-electron chi connectivity index (χ3n) is 2.99. The molecule has 0 amide bonds. The summed E-state index contributed by atoms with van der Waals surface area (Å²) in [6.07, 6.45) is -2.59. The van der Waals surface area contributed by atoms with Crippen LogP contribution in [0.25, 0.3) is 5.70 Å². The topological polar surface area (TPSA) is 36.4 Å². The lowest BCUT2D eigenvalue weighted by molar-refractivity contribution is -0.137. The van der Waals surface area contributed by atoms with E-state index in [0.717, 1.165) is 12.1 Å². The maximum atomic E-state index is 12.8. The van der Waals surface area contributed by atoms with Crippen molar-refractivity contribution in [3.63, 3.8) is 0 Å². The molecule has 120 valence electrons. The maximum Gasteiger partial charge on any atom is 0.416 e. The number of alkyl halides is 3. The number of hydrogen-bond acceptors (Lipinski definition) is 3. The highest BCUT2D eigenvalue weighted by Crippen LogP contribution is 2.30. The van der Waals surface area contributed by atoms with Crippen LogP contribution >= 0.6 is 0 Å². The van der Waals surface area contributed by atoms with Gasteiger partial charge in [0.1, 0.15) is 5.84 Å². The van der Waals surface area contributed by atoms with Gasteiger partial charge in [0.2, 0.25) is 0 Å². The average Bonchev–Trinajstić information content (AvgIpc) is 2.61. The molecule has 0 atom stereocenters. The fraction of sp³-hybridized carbons (Fsp3) is 0.438. The van der Waals surface area contributed by atoms with Crippen LogP contribution < -0.4 is 10.6 Å². The minimum atomic E-state index is -4.35. The Hall–Kier alpha value is -1.98. The number of aliphatic imine (C=N–C) groups is 1. The molecule has 2 N–H and O–H groups in total. The van der Waals surface area contributed by atoms with Crippen molar-refractivity contribution in [2.24, 2.45) is 4.99 Å². The van der Waals surface area contributed by atoms with Crippen LogP contribution in [0.1, 0.15) is 31.9 Å². The molecule has 0 aromatic heterocycles. The lowest BCUT2D eigenvalue weighted by atomic mass is 10.1. The number of rotatable bonds is 1. The molecule has 0 saturated carbocycles. The van der Waals surface area contributed by atoms with Gasteiger partial charge in [-0.3, -0.25) is 4.99 Å². The summed E-state index contributed by atoms with van der Waals surface area (Å²) >= 11 is 0. The Morgan fingerprint density at radius 3 is 2.55 bits per heavy atom. The Labute approximate surface area is 128 Å². The lowest BCUT2D eigenvalue weighted by Gasteiger charge is -2.22. The normalized spacial score (nSPS) is 16.3. The van der Waals surface area contributed by atoms with Crippen molar-refractivity contribution in [3.05, 3.63) is 41.5 Å². The number of benzene rings is 1. The molecule has 0 fully saturated rings. The van der Waals surface area contributed by atoms with Crippen molar-refractivity contribution in [2.45, 2.75) is 32.5 Å². The van der Waals surface area contributed by atoms with E-state index in [4.69, 9.17) is 0 Å². The van der Waals surface area contributed by atoms with Gasteiger partial charge in [-0.15, -0.1) is 0 Å². The summed E-state index contributed by atoms with van der Waals surface area (Å²) in [5, 5.41) is 6.39. The van der Waals surface area contributed by atoms with E-state index in [1.165, 1.54) is 6.07 Å². The maximum absolute atomic E-state index is 12.8. The van der Waals surface area contributed by atoms with Gasteiger partial charge in [-0.25, -0.2) is 0 Å². The molecule has 22 heavy (non-hydrogen) atoms. The highest BCUT2D eigenvalue weighted by atomic mass is 19.4. The number of halogens is 3. The third-order valence-corrected chi connectivity index (χ3v) is 2.99. The zero-order valence-corrected chi connectivity index (χ0v) is 12.9. The molecule has 2 rings (SSSR count). The zero-order valence-electron chi connectivity index (χ0n) is 12.9. The first-order chi connectivity index (χ1) is 10.1. The first-order valence-corrected chi connectivity index (χ1v) is 7.11. The molecule has 0 aliphatic carbocycles. The van der Waals surface area contributed by atoms with E-state index in [2.05, 4.69) is 15.6 Å². The second-order valence-corrected chi connectivity index (χ2v) is 6.21. The van der Waals surface area contributed by atoms with Crippen molar-refractivity contribution in [1.82, 2.24) is 10.6 Å². The van der Waals surface area contributed by atoms with Crippen molar-refractivity contribution in [3.8, 4) is 0 Å². The van der Waals surface area contributed by atoms with Crippen molar-refractivity contribution >= 4 is 11.5 Å². The monoisotopic (exact) mass is 311 g/mol. The third kappa shape index (κ3) is 4.51. The summed E-state index contributed by atoms with van der Waals surface area (Å²) in [6.45, 7) is 7.16. The van der Waals surface area contributed by atoms with E-state index < -0.39 is 11.7 Å². The molecule has 1 aliphatic heterocycles. The second-order valence-electron chi connectivity index (χ2n) is 6.21. The van der Waals surface area contributed by atoms with Crippen molar-refractivity contribution < 1.29 is 13.2 Å². The van der Waals surface area contributed by atoms with Gasteiger partial charge < -0.3 is 10.6 Å². The highest BCUT2D eigenvalue weighted by Gasteiger charge is 2.30. The second kappa shape index (κ2) is 6.02. The zero-order chi connectivity index (χ0) is 16.4. The predicted molar refractivity (Wildman–Crippen MR) is 82.6 cm³/mol. The minimum absolute atomic E-state index is 0.168. The van der Waals surface area contributed by atoms with Gasteiger partial charge in [0, 0.05) is 23.9 Å². The molecule has 1 aliphatic rings. The summed E-state index contributed by atoms with van der Waals surface area (Å²) in [5.74, 6) is 0.671. The Kier molecular flexibility index (Phi) is 4.49. The van der Waals surface area contributed by atoms with E-state index in [0.29, 0.717) is 30.2 Å². The van der Waals surface area contributed by atoms with Crippen molar-refractivity contribution in [2.75, 3.05) is 13.1 Å². The first-order valence-electron chi connectivity index (χ1n) is 7.11. The van der Waals surface area contributed by atoms with Crippen LogP contribution in [0, 0.1) is 0 Å². The van der Waals surface area contributed by atoms with Crippen LogP contribution in [-0.4, -0.2) is 24.5 Å². The average molecular weight is 311 g/mol. The smallest absolute Gasteiger partial charge is 0.383 e. The molecule has 0 bridgehead atoms. The predicted octanol–water partition coefficient (Wildman–Crippen LogP) is 3.44. The highest BCUT2D eigenvalue weighted by molar-refractivity contribution is 5.99. The van der Waals surface area contributed by atoms with E-state index >= 15 is 0 Å². The summed E-state index contributed by atoms with van der Waals surface area (Å²) < 4.78 is 38.5. The summed E-state index contributed by atoms with van der Waals surface area (Å²) in [6, 6.07) is 5.30. The molecule has 0 radical (unpaired) electrons. The molecular formula is C16H20F3N3. The van der Waals surface area contributed by atoms with Crippen LogP contribution in [0.4, 0.5) is 13.2 Å². The van der Waals surface area contributed by atoms with Crippen LogP contribution in [0.3, 0.4) is 0 Å². The molecule has 1 aromatic rings. The van der Waals surface area contributed by atoms with E-state index in [9.17, 15) is 13.2 Å². The van der Waals surface area contributed by atoms with Gasteiger partial charge >= 0.3 is 6.18 Å². The molecule has 1 aromatic carbocycles. The fourth-order valence-corrected chi connectivity index (χ4v) is 2.11. The van der Waals surface area contributed by atoms with Gasteiger partial charge in [-0.05, 0) is 38.5 Å². The largest absolute Gasteiger partial charge is 0.416 e. The molecular weight excluding hydrogens is 291 g/mol. The van der Waals surface area contributed by atoms with Gasteiger partial charge in [-0.1, -0.05) is 12.1 Å². The summed E-state index contributed by atoms with van der Waals surface area (Å²) in [5.41, 5.74) is 0.317. The van der Waals surface area contributed by atoms with Gasteiger partial charge in [0.25, 0.3) is 0 Å². The number of hydrogen-bond donors (Lipinski definition) is 2.